The highest BCUT2D eigenvalue weighted by Crippen LogP contribution is 2.19. The molecule has 20 heavy (non-hydrogen) atoms. The van der Waals surface area contributed by atoms with Gasteiger partial charge in [0.15, 0.2) is 9.84 Å². The SMILES string of the molecule is CCCS(=O)(=O)c1ccc(N(C)CC2CCCN2)cc1. The molecular formula is C15H24N2O2S. The number of nitrogens with zero attached hydrogens (tertiary/aromatic N) is 1. The van der Waals surface area contributed by atoms with Crippen LogP contribution in [0.25, 0.3) is 0 Å². The van der Waals surface area contributed by atoms with E-state index in [-0.39, 0.29) is 5.75 Å². The van der Waals surface area contributed by atoms with E-state index in [2.05, 4.69) is 17.3 Å². The molecule has 4 nitrogen and oxygen atoms in total. The quantitative estimate of drug-likeness (QED) is 0.873. The van der Waals surface area contributed by atoms with Crippen molar-refractivity contribution in [3.05, 3.63) is 24.3 Å². The van der Waals surface area contributed by atoms with Gasteiger partial charge >= 0.3 is 0 Å². The van der Waals surface area contributed by atoms with Crippen molar-refractivity contribution in [1.29, 1.82) is 0 Å². The number of anilines is 1. The minimum Gasteiger partial charge on any atom is -0.373 e. The maximum atomic E-state index is 12.0. The topological polar surface area (TPSA) is 49.4 Å². The van der Waals surface area contributed by atoms with Gasteiger partial charge in [-0.3, -0.25) is 0 Å². The van der Waals surface area contributed by atoms with Gasteiger partial charge in [-0.1, -0.05) is 6.92 Å². The van der Waals surface area contributed by atoms with Crippen LogP contribution in [0.5, 0.6) is 0 Å². The summed E-state index contributed by atoms with van der Waals surface area (Å²) in [5.74, 6) is 0.216. The lowest BCUT2D eigenvalue weighted by molar-refractivity contribution is 0.594. The molecule has 1 N–H and O–H groups in total. The first-order valence-electron chi connectivity index (χ1n) is 7.30. The molecule has 5 heteroatoms. The Bertz CT molecular complexity index is 519. The van der Waals surface area contributed by atoms with Crippen molar-refractivity contribution >= 4 is 15.5 Å². The van der Waals surface area contributed by atoms with Crippen LogP contribution in [0.15, 0.2) is 29.2 Å². The molecule has 1 atom stereocenters. The molecule has 0 bridgehead atoms. The summed E-state index contributed by atoms with van der Waals surface area (Å²) in [6, 6.07) is 7.79. The Balaban J connectivity index is 2.03. The number of sulfone groups is 1. The van der Waals surface area contributed by atoms with E-state index in [4.69, 9.17) is 0 Å². The van der Waals surface area contributed by atoms with Gasteiger partial charge in [-0.15, -0.1) is 0 Å². The van der Waals surface area contributed by atoms with Crippen molar-refractivity contribution in [2.75, 3.05) is 30.8 Å². The van der Waals surface area contributed by atoms with Crippen LogP contribution >= 0.6 is 0 Å². The molecule has 0 spiro atoms. The Morgan fingerprint density at radius 2 is 2.00 bits per heavy atom. The van der Waals surface area contributed by atoms with Crippen molar-refractivity contribution in [3.63, 3.8) is 0 Å². The lowest BCUT2D eigenvalue weighted by Crippen LogP contribution is -2.35. The molecule has 1 heterocycles. The minimum atomic E-state index is -3.11. The van der Waals surface area contributed by atoms with Gasteiger partial charge in [0, 0.05) is 25.3 Å². The second-order valence-electron chi connectivity index (χ2n) is 5.49. The molecule has 0 amide bonds. The van der Waals surface area contributed by atoms with Crippen molar-refractivity contribution in [1.82, 2.24) is 5.32 Å². The smallest absolute Gasteiger partial charge is 0.178 e. The Kier molecular flexibility index (Phi) is 5.05. The fourth-order valence-corrected chi connectivity index (χ4v) is 3.97. The molecule has 2 rings (SSSR count). The Hall–Kier alpha value is -1.07. The van der Waals surface area contributed by atoms with Gasteiger partial charge in [0.1, 0.15) is 0 Å². The molecule has 1 saturated heterocycles. The van der Waals surface area contributed by atoms with Crippen LogP contribution in [0.1, 0.15) is 26.2 Å². The first-order chi connectivity index (χ1) is 9.53. The van der Waals surface area contributed by atoms with E-state index in [9.17, 15) is 8.42 Å². The van der Waals surface area contributed by atoms with Crippen molar-refractivity contribution in [2.45, 2.75) is 37.1 Å². The van der Waals surface area contributed by atoms with E-state index in [0.717, 1.165) is 18.8 Å². The van der Waals surface area contributed by atoms with E-state index in [1.54, 1.807) is 12.1 Å². The van der Waals surface area contributed by atoms with Crippen LogP contribution in [-0.2, 0) is 9.84 Å². The van der Waals surface area contributed by atoms with Crippen molar-refractivity contribution in [2.24, 2.45) is 0 Å². The zero-order valence-electron chi connectivity index (χ0n) is 12.3. The first kappa shape index (κ1) is 15.3. The van der Waals surface area contributed by atoms with E-state index in [1.165, 1.54) is 12.8 Å². The fourth-order valence-electron chi connectivity index (χ4n) is 2.64. The molecule has 0 aromatic heterocycles. The highest BCUT2D eigenvalue weighted by Gasteiger charge is 2.17. The summed E-state index contributed by atoms with van der Waals surface area (Å²) in [4.78, 5) is 2.61. The highest BCUT2D eigenvalue weighted by atomic mass is 32.2. The molecule has 1 unspecified atom stereocenters. The van der Waals surface area contributed by atoms with E-state index in [1.807, 2.05) is 19.1 Å². The highest BCUT2D eigenvalue weighted by molar-refractivity contribution is 7.91. The van der Waals surface area contributed by atoms with E-state index in [0.29, 0.717) is 17.4 Å². The molecule has 0 aliphatic carbocycles. The molecule has 0 radical (unpaired) electrons. The fraction of sp³-hybridized carbons (Fsp3) is 0.600. The number of hydrogen-bond donors (Lipinski definition) is 1. The van der Waals surface area contributed by atoms with Crippen LogP contribution in [-0.4, -0.2) is 40.3 Å². The van der Waals surface area contributed by atoms with Crippen LogP contribution in [0.3, 0.4) is 0 Å². The normalized spacial score (nSPS) is 19.2. The molecule has 1 aromatic rings. The van der Waals surface area contributed by atoms with Crippen molar-refractivity contribution in [3.8, 4) is 0 Å². The maximum absolute atomic E-state index is 12.0. The number of likely N-dealkylation sites (N-methyl/N-ethyl adjacent to an activating group) is 1. The monoisotopic (exact) mass is 296 g/mol. The summed E-state index contributed by atoms with van der Waals surface area (Å²) in [6.07, 6.45) is 3.11. The predicted octanol–water partition coefficient (Wildman–Crippen LogP) is 2.06. The molecular weight excluding hydrogens is 272 g/mol. The van der Waals surface area contributed by atoms with Crippen LogP contribution in [0, 0.1) is 0 Å². The third kappa shape index (κ3) is 3.73. The average molecular weight is 296 g/mol. The second kappa shape index (κ2) is 6.59. The lowest BCUT2D eigenvalue weighted by Gasteiger charge is -2.23. The van der Waals surface area contributed by atoms with Gasteiger partial charge in [0.25, 0.3) is 0 Å². The molecule has 1 aliphatic rings. The number of hydrogen-bond acceptors (Lipinski definition) is 4. The summed E-state index contributed by atoms with van der Waals surface area (Å²) in [5.41, 5.74) is 1.06. The van der Waals surface area contributed by atoms with Crippen LogP contribution in [0.4, 0.5) is 5.69 Å². The molecule has 1 aromatic carbocycles. The number of benzene rings is 1. The second-order valence-corrected chi connectivity index (χ2v) is 7.60. The largest absolute Gasteiger partial charge is 0.373 e. The molecule has 112 valence electrons. The van der Waals surface area contributed by atoms with Gasteiger partial charge in [-0.05, 0) is 50.1 Å². The van der Waals surface area contributed by atoms with E-state index < -0.39 is 9.84 Å². The lowest BCUT2D eigenvalue weighted by atomic mass is 10.2. The van der Waals surface area contributed by atoms with Gasteiger partial charge in [-0.25, -0.2) is 8.42 Å². The molecule has 1 fully saturated rings. The number of rotatable bonds is 6. The summed E-state index contributed by atoms with van der Waals surface area (Å²) in [7, 11) is -1.05. The van der Waals surface area contributed by atoms with Gasteiger partial charge in [0.2, 0.25) is 0 Å². The first-order valence-corrected chi connectivity index (χ1v) is 8.95. The predicted molar refractivity (Wildman–Crippen MR) is 83.1 cm³/mol. The minimum absolute atomic E-state index is 0.216. The zero-order valence-corrected chi connectivity index (χ0v) is 13.1. The summed E-state index contributed by atoms with van der Waals surface area (Å²) >= 11 is 0. The van der Waals surface area contributed by atoms with Gasteiger partial charge < -0.3 is 10.2 Å². The van der Waals surface area contributed by atoms with Gasteiger partial charge in [0.05, 0.1) is 10.6 Å². The number of nitrogens with one attached hydrogen (secondary N) is 1. The Morgan fingerprint density at radius 1 is 1.30 bits per heavy atom. The molecule has 0 saturated carbocycles. The molecule has 1 aliphatic heterocycles. The summed E-state index contributed by atoms with van der Waals surface area (Å²) in [5, 5.41) is 3.47. The summed E-state index contributed by atoms with van der Waals surface area (Å²) < 4.78 is 23.9. The summed E-state index contributed by atoms with van der Waals surface area (Å²) in [6.45, 7) is 3.95. The third-order valence-electron chi connectivity index (χ3n) is 3.77. The van der Waals surface area contributed by atoms with Crippen molar-refractivity contribution < 1.29 is 8.42 Å². The maximum Gasteiger partial charge on any atom is 0.178 e. The zero-order chi connectivity index (χ0) is 14.6. The van der Waals surface area contributed by atoms with E-state index >= 15 is 0 Å². The van der Waals surface area contributed by atoms with Crippen LogP contribution < -0.4 is 10.2 Å². The standard InChI is InChI=1S/C15H24N2O2S/c1-3-11-20(18,19)15-8-6-14(7-9-15)17(2)12-13-5-4-10-16-13/h6-9,13,16H,3-5,10-12H2,1-2H3. The Labute approximate surface area is 122 Å². The average Bonchev–Trinajstić information content (AvgIpc) is 2.91. The van der Waals surface area contributed by atoms with Gasteiger partial charge in [-0.2, -0.15) is 0 Å². The van der Waals surface area contributed by atoms with Crippen LogP contribution in [0.2, 0.25) is 0 Å². The Morgan fingerprint density at radius 3 is 2.55 bits per heavy atom. The third-order valence-corrected chi connectivity index (χ3v) is 5.70.